The lowest BCUT2D eigenvalue weighted by Gasteiger charge is -2.13. The second-order valence-electron chi connectivity index (χ2n) is 3.78. The Kier molecular flexibility index (Phi) is 2.40. The molecule has 0 bridgehead atoms. The van der Waals surface area contributed by atoms with Crippen molar-refractivity contribution in [1.29, 1.82) is 0 Å². The van der Waals surface area contributed by atoms with E-state index in [1.807, 2.05) is 30.3 Å². The normalized spacial score (nSPS) is 31.5. The largest absolute Gasteiger partial charge is 0.449 e. The lowest BCUT2D eigenvalue weighted by Crippen LogP contribution is -2.20. The zero-order valence-corrected chi connectivity index (χ0v) is 9.26. The van der Waals surface area contributed by atoms with Crippen LogP contribution >= 0.6 is 11.8 Å². The van der Waals surface area contributed by atoms with E-state index in [9.17, 15) is 4.79 Å². The van der Waals surface area contributed by atoms with Crippen LogP contribution in [0.25, 0.3) is 0 Å². The maximum absolute atomic E-state index is 11.5. The van der Waals surface area contributed by atoms with Crippen LogP contribution < -0.4 is 0 Å². The molecule has 0 saturated carbocycles. The van der Waals surface area contributed by atoms with Gasteiger partial charge in [0, 0.05) is 4.90 Å². The van der Waals surface area contributed by atoms with Gasteiger partial charge in [-0.2, -0.15) is 10.2 Å². The van der Waals surface area contributed by atoms with Crippen LogP contribution in [0.5, 0.6) is 0 Å². The minimum atomic E-state index is -0.360. The topological polar surface area (TPSA) is 51.0 Å². The lowest BCUT2D eigenvalue weighted by molar-refractivity contribution is -0.140. The van der Waals surface area contributed by atoms with Gasteiger partial charge in [-0.1, -0.05) is 30.0 Å². The zero-order valence-electron chi connectivity index (χ0n) is 8.45. The second-order valence-corrected chi connectivity index (χ2v) is 4.96. The summed E-state index contributed by atoms with van der Waals surface area (Å²) in [7, 11) is 0. The van der Waals surface area contributed by atoms with E-state index in [1.165, 1.54) is 0 Å². The third kappa shape index (κ3) is 1.61. The number of carbonyl (C=O) groups excluding carboxylic acids is 1. The predicted octanol–water partition coefficient (Wildman–Crippen LogP) is 2.11. The third-order valence-corrected chi connectivity index (χ3v) is 3.95. The highest BCUT2D eigenvalue weighted by Gasteiger charge is 2.48. The summed E-state index contributed by atoms with van der Waals surface area (Å²) in [5.74, 6) is -0.127. The molecule has 0 radical (unpaired) electrons. The number of cyclic esters (lactones) is 1. The number of hydrogen-bond donors (Lipinski definition) is 0. The molecule has 3 atom stereocenters. The van der Waals surface area contributed by atoms with Crippen molar-refractivity contribution in [3.05, 3.63) is 30.3 Å². The van der Waals surface area contributed by atoms with E-state index in [0.717, 1.165) is 4.90 Å². The first-order chi connectivity index (χ1) is 7.84. The Morgan fingerprint density at radius 3 is 2.94 bits per heavy atom. The Balaban J connectivity index is 1.75. The van der Waals surface area contributed by atoms with Crippen LogP contribution in [-0.4, -0.2) is 24.0 Å². The quantitative estimate of drug-likeness (QED) is 0.736. The highest BCUT2D eigenvalue weighted by atomic mass is 32.2. The third-order valence-electron chi connectivity index (χ3n) is 2.72. The fraction of sp³-hybridized carbons (Fsp3) is 0.364. The molecular weight excluding hydrogens is 224 g/mol. The standard InChI is InChI=1S/C11H10N2O2S/c14-10-9-8(6-12-13-9)11(15-10)16-7-4-2-1-3-5-7/h1-5,8-9,11H,6H2/t8-,9+,11+/m1/s1. The molecule has 2 aliphatic heterocycles. The molecule has 1 aromatic rings. The molecule has 1 fully saturated rings. The van der Waals surface area contributed by atoms with Crippen molar-refractivity contribution in [3.8, 4) is 0 Å². The fourth-order valence-corrected chi connectivity index (χ4v) is 3.02. The van der Waals surface area contributed by atoms with Gasteiger partial charge in [0.1, 0.15) is 0 Å². The Labute approximate surface area is 97.1 Å². The van der Waals surface area contributed by atoms with E-state index in [2.05, 4.69) is 10.2 Å². The van der Waals surface area contributed by atoms with E-state index in [1.54, 1.807) is 11.8 Å². The molecule has 16 heavy (non-hydrogen) atoms. The summed E-state index contributed by atoms with van der Waals surface area (Å²) in [5.41, 5.74) is -0.144. The summed E-state index contributed by atoms with van der Waals surface area (Å²) in [6.07, 6.45) is 0. The Bertz CT molecular complexity index is 435. The number of ether oxygens (including phenoxy) is 1. The number of thioether (sulfide) groups is 1. The molecular formula is C11H10N2O2S. The van der Waals surface area contributed by atoms with Crippen molar-refractivity contribution in [2.24, 2.45) is 16.1 Å². The minimum Gasteiger partial charge on any atom is -0.449 e. The van der Waals surface area contributed by atoms with Crippen molar-refractivity contribution < 1.29 is 9.53 Å². The van der Waals surface area contributed by atoms with E-state index in [4.69, 9.17) is 4.74 Å². The number of carbonyl (C=O) groups is 1. The van der Waals surface area contributed by atoms with Crippen LogP contribution in [0.15, 0.2) is 45.5 Å². The van der Waals surface area contributed by atoms with E-state index in [0.29, 0.717) is 6.54 Å². The molecule has 4 nitrogen and oxygen atoms in total. The van der Waals surface area contributed by atoms with Crippen molar-refractivity contribution in [2.75, 3.05) is 6.54 Å². The Morgan fingerprint density at radius 2 is 2.12 bits per heavy atom. The Morgan fingerprint density at radius 1 is 1.31 bits per heavy atom. The second kappa shape index (κ2) is 3.90. The first-order valence-corrected chi connectivity index (χ1v) is 6.01. The van der Waals surface area contributed by atoms with Gasteiger partial charge in [0.2, 0.25) is 0 Å². The predicted molar refractivity (Wildman–Crippen MR) is 59.2 cm³/mol. The van der Waals surface area contributed by atoms with Crippen molar-refractivity contribution in [3.63, 3.8) is 0 Å². The van der Waals surface area contributed by atoms with Gasteiger partial charge in [0.25, 0.3) is 0 Å². The highest BCUT2D eigenvalue weighted by molar-refractivity contribution is 7.99. The minimum absolute atomic E-state index is 0.109. The maximum Gasteiger partial charge on any atom is 0.334 e. The molecule has 0 aromatic heterocycles. The van der Waals surface area contributed by atoms with Gasteiger partial charge in [0.05, 0.1) is 12.5 Å². The first-order valence-electron chi connectivity index (χ1n) is 5.13. The van der Waals surface area contributed by atoms with Gasteiger partial charge < -0.3 is 4.74 Å². The Hall–Kier alpha value is -1.36. The molecule has 0 amide bonds. The molecule has 1 aromatic carbocycles. The van der Waals surface area contributed by atoms with Gasteiger partial charge >= 0.3 is 5.97 Å². The van der Waals surface area contributed by atoms with Gasteiger partial charge in [0.15, 0.2) is 11.5 Å². The molecule has 0 N–H and O–H groups in total. The molecule has 2 heterocycles. The molecule has 3 rings (SSSR count). The molecule has 5 heteroatoms. The molecule has 0 unspecified atom stereocenters. The zero-order chi connectivity index (χ0) is 11.0. The first kappa shape index (κ1) is 9.84. The van der Waals surface area contributed by atoms with E-state index < -0.39 is 0 Å². The number of hydrogen-bond acceptors (Lipinski definition) is 5. The molecule has 0 spiro atoms. The summed E-state index contributed by atoms with van der Waals surface area (Å²) in [5, 5.41) is 7.83. The summed E-state index contributed by atoms with van der Waals surface area (Å²) < 4.78 is 5.30. The number of nitrogens with zero attached hydrogens (tertiary/aromatic N) is 2. The maximum atomic E-state index is 11.5. The average Bonchev–Trinajstić information content (AvgIpc) is 2.87. The molecule has 82 valence electrons. The smallest absolute Gasteiger partial charge is 0.334 e. The highest BCUT2D eigenvalue weighted by Crippen LogP contribution is 2.39. The van der Waals surface area contributed by atoms with Gasteiger partial charge in [-0.15, -0.1) is 0 Å². The van der Waals surface area contributed by atoms with Crippen molar-refractivity contribution in [1.82, 2.24) is 0 Å². The van der Waals surface area contributed by atoms with Crippen molar-refractivity contribution in [2.45, 2.75) is 16.4 Å². The van der Waals surface area contributed by atoms with Gasteiger partial charge in [-0.25, -0.2) is 4.79 Å². The number of fused-ring (bicyclic) bond motifs is 1. The van der Waals surface area contributed by atoms with E-state index in [-0.39, 0.29) is 23.4 Å². The number of rotatable bonds is 2. The van der Waals surface area contributed by atoms with Crippen LogP contribution in [0, 0.1) is 5.92 Å². The summed E-state index contributed by atoms with van der Waals surface area (Å²) in [4.78, 5) is 12.6. The molecule has 0 aliphatic carbocycles. The van der Waals surface area contributed by atoms with Crippen LogP contribution in [0.1, 0.15) is 0 Å². The number of azo groups is 1. The van der Waals surface area contributed by atoms with Crippen LogP contribution in [0.2, 0.25) is 0 Å². The van der Waals surface area contributed by atoms with Crippen LogP contribution in [0.3, 0.4) is 0 Å². The monoisotopic (exact) mass is 234 g/mol. The number of benzene rings is 1. The fourth-order valence-electron chi connectivity index (χ4n) is 1.89. The van der Waals surface area contributed by atoms with E-state index >= 15 is 0 Å². The van der Waals surface area contributed by atoms with Crippen LogP contribution in [0.4, 0.5) is 0 Å². The van der Waals surface area contributed by atoms with Gasteiger partial charge in [-0.05, 0) is 12.1 Å². The summed E-state index contributed by atoms with van der Waals surface area (Å²) in [6.45, 7) is 0.598. The number of esters is 1. The lowest BCUT2D eigenvalue weighted by atomic mass is 10.1. The molecule has 1 saturated heterocycles. The van der Waals surface area contributed by atoms with Crippen LogP contribution in [-0.2, 0) is 9.53 Å². The molecule has 2 aliphatic rings. The average molecular weight is 234 g/mol. The SMILES string of the molecule is O=C1O[C@@H](Sc2ccccc2)[C@@H]2CN=N[C@H]12. The van der Waals surface area contributed by atoms with Gasteiger partial charge in [-0.3, -0.25) is 0 Å². The summed E-state index contributed by atoms with van der Waals surface area (Å²) in [6, 6.07) is 9.57. The summed E-state index contributed by atoms with van der Waals surface area (Å²) >= 11 is 1.57. The van der Waals surface area contributed by atoms with Crippen molar-refractivity contribution >= 4 is 17.7 Å².